The van der Waals surface area contributed by atoms with Crippen LogP contribution in [-0.2, 0) is 6.54 Å². The Bertz CT molecular complexity index is 674. The van der Waals surface area contributed by atoms with E-state index in [2.05, 4.69) is 27.3 Å². The number of nitrogens with zero attached hydrogens (tertiary/aromatic N) is 3. The Morgan fingerprint density at radius 2 is 1.79 bits per heavy atom. The molecule has 1 aromatic carbocycles. The van der Waals surface area contributed by atoms with Crippen molar-refractivity contribution in [3.05, 3.63) is 60.1 Å². The summed E-state index contributed by atoms with van der Waals surface area (Å²) in [7, 11) is 1.79. The van der Waals surface area contributed by atoms with E-state index >= 15 is 0 Å². The molecule has 0 aliphatic carbocycles. The number of carbonyl (C=O) groups is 1. The number of piperazine rings is 1. The lowest BCUT2D eigenvalue weighted by Gasteiger charge is -2.36. The van der Waals surface area contributed by atoms with Gasteiger partial charge in [0.05, 0.1) is 6.26 Å². The molecule has 1 aliphatic heterocycles. The largest absolute Gasteiger partial charge is 0.459 e. The van der Waals surface area contributed by atoms with Crippen LogP contribution in [0.3, 0.4) is 0 Å². The van der Waals surface area contributed by atoms with Crippen molar-refractivity contribution in [2.24, 2.45) is 4.99 Å². The van der Waals surface area contributed by atoms with Crippen LogP contribution in [0.2, 0.25) is 0 Å². The fourth-order valence-corrected chi connectivity index (χ4v) is 2.79. The van der Waals surface area contributed by atoms with Gasteiger partial charge in [-0.05, 0) is 17.7 Å². The fourth-order valence-electron chi connectivity index (χ4n) is 2.79. The third-order valence-electron chi connectivity index (χ3n) is 4.10. The molecule has 0 saturated carbocycles. The van der Waals surface area contributed by atoms with Gasteiger partial charge in [-0.15, -0.1) is 0 Å². The normalized spacial score (nSPS) is 15.5. The maximum absolute atomic E-state index is 12.3. The van der Waals surface area contributed by atoms with Crippen molar-refractivity contribution >= 4 is 11.9 Å². The van der Waals surface area contributed by atoms with Crippen LogP contribution in [0.1, 0.15) is 16.1 Å². The van der Waals surface area contributed by atoms with Crippen LogP contribution in [-0.4, -0.2) is 54.9 Å². The van der Waals surface area contributed by atoms with Gasteiger partial charge in [-0.1, -0.05) is 30.3 Å². The van der Waals surface area contributed by atoms with Gasteiger partial charge in [0, 0.05) is 39.8 Å². The molecule has 24 heavy (non-hydrogen) atoms. The number of amides is 1. The maximum Gasteiger partial charge on any atom is 0.289 e. The van der Waals surface area contributed by atoms with Crippen molar-refractivity contribution in [1.29, 1.82) is 0 Å². The first-order chi connectivity index (χ1) is 11.8. The molecule has 1 aliphatic rings. The molecule has 6 heteroatoms. The predicted molar refractivity (Wildman–Crippen MR) is 92.8 cm³/mol. The standard InChI is InChI=1S/C18H22N4O2/c1-19-18(20-14-15-6-3-2-4-7-15)22-11-9-21(10-12-22)17(23)16-8-5-13-24-16/h2-8,13H,9-12,14H2,1H3,(H,19,20). The predicted octanol–water partition coefficient (Wildman–Crippen LogP) is 1.81. The van der Waals surface area contributed by atoms with Gasteiger partial charge in [0.25, 0.3) is 5.91 Å². The van der Waals surface area contributed by atoms with Crippen LogP contribution in [0.4, 0.5) is 0 Å². The van der Waals surface area contributed by atoms with Crippen LogP contribution in [0, 0.1) is 0 Å². The quantitative estimate of drug-likeness (QED) is 0.690. The number of rotatable bonds is 3. The molecule has 0 bridgehead atoms. The van der Waals surface area contributed by atoms with E-state index in [0.29, 0.717) is 18.8 Å². The molecule has 6 nitrogen and oxygen atoms in total. The van der Waals surface area contributed by atoms with Gasteiger partial charge in [-0.25, -0.2) is 0 Å². The number of guanidine groups is 1. The van der Waals surface area contributed by atoms with Gasteiger partial charge in [-0.3, -0.25) is 9.79 Å². The number of hydrogen-bond acceptors (Lipinski definition) is 3. The Kier molecular flexibility index (Phi) is 5.15. The molecule has 0 radical (unpaired) electrons. The lowest BCUT2D eigenvalue weighted by atomic mass is 10.2. The van der Waals surface area contributed by atoms with E-state index in [0.717, 1.165) is 25.6 Å². The van der Waals surface area contributed by atoms with Crippen molar-refractivity contribution in [2.75, 3.05) is 33.2 Å². The molecular weight excluding hydrogens is 304 g/mol. The molecule has 3 rings (SSSR count). The van der Waals surface area contributed by atoms with Crippen molar-refractivity contribution in [3.8, 4) is 0 Å². The van der Waals surface area contributed by atoms with Crippen LogP contribution in [0.15, 0.2) is 58.1 Å². The molecule has 0 spiro atoms. The summed E-state index contributed by atoms with van der Waals surface area (Å²) in [6.45, 7) is 3.55. The van der Waals surface area contributed by atoms with Crippen LogP contribution < -0.4 is 5.32 Å². The van der Waals surface area contributed by atoms with Crippen molar-refractivity contribution < 1.29 is 9.21 Å². The molecule has 1 aromatic heterocycles. The van der Waals surface area contributed by atoms with E-state index in [4.69, 9.17) is 4.42 Å². The molecule has 2 heterocycles. The summed E-state index contributed by atoms with van der Waals surface area (Å²) in [5.74, 6) is 1.21. The zero-order valence-corrected chi connectivity index (χ0v) is 13.8. The minimum absolute atomic E-state index is 0.0492. The monoisotopic (exact) mass is 326 g/mol. The lowest BCUT2D eigenvalue weighted by molar-refractivity contribution is 0.0657. The molecular formula is C18H22N4O2. The van der Waals surface area contributed by atoms with E-state index < -0.39 is 0 Å². The highest BCUT2D eigenvalue weighted by molar-refractivity contribution is 5.91. The maximum atomic E-state index is 12.3. The average molecular weight is 326 g/mol. The summed E-state index contributed by atoms with van der Waals surface area (Å²) >= 11 is 0. The number of benzene rings is 1. The Morgan fingerprint density at radius 3 is 2.42 bits per heavy atom. The van der Waals surface area contributed by atoms with Crippen LogP contribution >= 0.6 is 0 Å². The van der Waals surface area contributed by atoms with Gasteiger partial charge < -0.3 is 19.5 Å². The number of aliphatic imine (C=N–C) groups is 1. The van der Waals surface area contributed by atoms with E-state index in [-0.39, 0.29) is 5.91 Å². The number of furan rings is 1. The zero-order chi connectivity index (χ0) is 16.8. The van der Waals surface area contributed by atoms with Crippen LogP contribution in [0.5, 0.6) is 0 Å². The second-order valence-electron chi connectivity index (χ2n) is 5.64. The molecule has 1 amide bonds. The van der Waals surface area contributed by atoms with E-state index in [1.807, 2.05) is 23.1 Å². The number of nitrogens with one attached hydrogen (secondary N) is 1. The van der Waals surface area contributed by atoms with Crippen molar-refractivity contribution in [3.63, 3.8) is 0 Å². The third-order valence-corrected chi connectivity index (χ3v) is 4.10. The average Bonchev–Trinajstić information content (AvgIpc) is 3.18. The van der Waals surface area contributed by atoms with Gasteiger partial charge in [0.15, 0.2) is 11.7 Å². The second-order valence-corrected chi connectivity index (χ2v) is 5.64. The highest BCUT2D eigenvalue weighted by Gasteiger charge is 2.24. The summed E-state index contributed by atoms with van der Waals surface area (Å²) in [4.78, 5) is 20.6. The summed E-state index contributed by atoms with van der Waals surface area (Å²) in [5, 5.41) is 3.38. The first-order valence-corrected chi connectivity index (χ1v) is 8.10. The molecule has 0 atom stereocenters. The van der Waals surface area contributed by atoms with Gasteiger partial charge >= 0.3 is 0 Å². The Labute approximate surface area is 141 Å². The Balaban J connectivity index is 1.52. The smallest absolute Gasteiger partial charge is 0.289 e. The minimum atomic E-state index is -0.0492. The number of hydrogen-bond donors (Lipinski definition) is 1. The van der Waals surface area contributed by atoms with Crippen molar-refractivity contribution in [2.45, 2.75) is 6.54 Å². The van der Waals surface area contributed by atoms with Crippen LogP contribution in [0.25, 0.3) is 0 Å². The summed E-state index contributed by atoms with van der Waals surface area (Å²) < 4.78 is 5.19. The molecule has 1 N–H and O–H groups in total. The van der Waals surface area contributed by atoms with Gasteiger partial charge in [0.1, 0.15) is 0 Å². The SMILES string of the molecule is CN=C(NCc1ccccc1)N1CCN(C(=O)c2ccco2)CC1. The Hall–Kier alpha value is -2.76. The lowest BCUT2D eigenvalue weighted by Crippen LogP contribution is -2.53. The summed E-state index contributed by atoms with van der Waals surface area (Å²) in [5.41, 5.74) is 1.21. The zero-order valence-electron chi connectivity index (χ0n) is 13.8. The topological polar surface area (TPSA) is 61.1 Å². The molecule has 1 saturated heterocycles. The molecule has 126 valence electrons. The molecule has 2 aromatic rings. The van der Waals surface area contributed by atoms with E-state index in [9.17, 15) is 4.79 Å². The fraction of sp³-hybridized carbons (Fsp3) is 0.333. The first kappa shape index (κ1) is 16.1. The minimum Gasteiger partial charge on any atom is -0.459 e. The Morgan fingerprint density at radius 1 is 1.08 bits per heavy atom. The van der Waals surface area contributed by atoms with Gasteiger partial charge in [0.2, 0.25) is 0 Å². The summed E-state index contributed by atoms with van der Waals surface area (Å²) in [6.07, 6.45) is 1.53. The highest BCUT2D eigenvalue weighted by atomic mass is 16.3. The van der Waals surface area contributed by atoms with Gasteiger partial charge in [-0.2, -0.15) is 0 Å². The molecule has 0 unspecified atom stereocenters. The molecule has 1 fully saturated rings. The van der Waals surface area contributed by atoms with E-state index in [1.165, 1.54) is 11.8 Å². The second kappa shape index (κ2) is 7.68. The highest BCUT2D eigenvalue weighted by Crippen LogP contribution is 2.09. The van der Waals surface area contributed by atoms with E-state index in [1.54, 1.807) is 19.2 Å². The first-order valence-electron chi connectivity index (χ1n) is 8.10. The number of carbonyl (C=O) groups excluding carboxylic acids is 1. The summed E-state index contributed by atoms with van der Waals surface area (Å²) in [6, 6.07) is 13.7. The van der Waals surface area contributed by atoms with Crippen molar-refractivity contribution in [1.82, 2.24) is 15.1 Å². The third kappa shape index (κ3) is 3.76.